The van der Waals surface area contributed by atoms with Crippen LogP contribution >= 0.6 is 0 Å². The molecule has 0 atom stereocenters. The fraction of sp³-hybridized carbons (Fsp3) is 0.500. The van der Waals surface area contributed by atoms with Gasteiger partial charge in [-0.05, 0) is 24.8 Å². The number of aromatic nitrogens is 2. The lowest BCUT2D eigenvalue weighted by Gasteiger charge is -2.25. The minimum Gasteiger partial charge on any atom is -0.367 e. The van der Waals surface area contributed by atoms with Crippen molar-refractivity contribution >= 4 is 5.82 Å². The number of hydrogen-bond acceptors (Lipinski definition) is 4. The van der Waals surface area contributed by atoms with Crippen LogP contribution in [0.3, 0.4) is 0 Å². The van der Waals surface area contributed by atoms with Crippen molar-refractivity contribution in [3.05, 3.63) is 17.8 Å². The van der Waals surface area contributed by atoms with Crippen LogP contribution in [-0.2, 0) is 0 Å². The standard InChI is InChI=1S/C10H12N4/c11-6-9-4-5-13-14-10(9)12-7-8-2-1-3-8/h4-5,8H,1-3,7H2,(H,12,14). The first-order valence-electron chi connectivity index (χ1n) is 4.86. The highest BCUT2D eigenvalue weighted by atomic mass is 15.2. The van der Waals surface area contributed by atoms with Crippen LogP contribution < -0.4 is 5.32 Å². The summed E-state index contributed by atoms with van der Waals surface area (Å²) in [6, 6.07) is 3.77. The predicted octanol–water partition coefficient (Wildman–Crippen LogP) is 1.56. The molecule has 4 nitrogen and oxygen atoms in total. The Balaban J connectivity index is 1.97. The van der Waals surface area contributed by atoms with E-state index in [0.717, 1.165) is 12.5 Å². The molecule has 1 saturated carbocycles. The normalized spacial score (nSPS) is 15.6. The Morgan fingerprint density at radius 2 is 2.43 bits per heavy atom. The summed E-state index contributed by atoms with van der Waals surface area (Å²) < 4.78 is 0. The van der Waals surface area contributed by atoms with Gasteiger partial charge in [-0.15, -0.1) is 5.10 Å². The summed E-state index contributed by atoms with van der Waals surface area (Å²) in [5.41, 5.74) is 0.569. The van der Waals surface area contributed by atoms with Gasteiger partial charge >= 0.3 is 0 Å². The molecule has 0 bridgehead atoms. The van der Waals surface area contributed by atoms with Crippen molar-refractivity contribution in [2.24, 2.45) is 5.92 Å². The average Bonchev–Trinajstić information content (AvgIpc) is 2.16. The highest BCUT2D eigenvalue weighted by Crippen LogP contribution is 2.26. The highest BCUT2D eigenvalue weighted by molar-refractivity contribution is 5.50. The first-order valence-corrected chi connectivity index (χ1v) is 4.86. The first kappa shape index (κ1) is 8.95. The van der Waals surface area contributed by atoms with Gasteiger partial charge in [-0.3, -0.25) is 0 Å². The van der Waals surface area contributed by atoms with E-state index in [1.54, 1.807) is 6.07 Å². The second kappa shape index (κ2) is 4.05. The quantitative estimate of drug-likeness (QED) is 0.781. The average molecular weight is 188 g/mol. The van der Waals surface area contributed by atoms with E-state index in [4.69, 9.17) is 5.26 Å². The molecule has 1 fully saturated rings. The predicted molar refractivity (Wildman–Crippen MR) is 52.6 cm³/mol. The van der Waals surface area contributed by atoms with E-state index in [1.807, 2.05) is 0 Å². The molecule has 1 aromatic rings. The molecule has 1 aliphatic rings. The Labute approximate surface area is 83.0 Å². The molecule has 0 radical (unpaired) electrons. The van der Waals surface area contributed by atoms with Gasteiger partial charge in [-0.25, -0.2) is 0 Å². The summed E-state index contributed by atoms with van der Waals surface area (Å²) in [4.78, 5) is 0. The zero-order chi connectivity index (χ0) is 9.80. The molecule has 0 saturated heterocycles. The van der Waals surface area contributed by atoms with Crippen LogP contribution in [0.15, 0.2) is 12.3 Å². The van der Waals surface area contributed by atoms with Gasteiger partial charge in [0.25, 0.3) is 0 Å². The van der Waals surface area contributed by atoms with Gasteiger partial charge in [0.2, 0.25) is 0 Å². The molecule has 1 aromatic heterocycles. The number of rotatable bonds is 3. The first-order chi connectivity index (χ1) is 6.90. The summed E-state index contributed by atoms with van der Waals surface area (Å²) in [5, 5.41) is 19.6. The van der Waals surface area contributed by atoms with Crippen LogP contribution in [0.4, 0.5) is 5.82 Å². The van der Waals surface area contributed by atoms with Gasteiger partial charge < -0.3 is 5.32 Å². The van der Waals surface area contributed by atoms with Crippen LogP contribution in [0.1, 0.15) is 24.8 Å². The lowest BCUT2D eigenvalue weighted by atomic mass is 9.85. The van der Waals surface area contributed by atoms with E-state index < -0.39 is 0 Å². The molecule has 0 unspecified atom stereocenters. The van der Waals surface area contributed by atoms with Crippen LogP contribution in [-0.4, -0.2) is 16.7 Å². The SMILES string of the molecule is N#Cc1ccnnc1NCC1CCC1. The fourth-order valence-electron chi connectivity index (χ4n) is 1.49. The lowest BCUT2D eigenvalue weighted by Crippen LogP contribution is -2.21. The van der Waals surface area contributed by atoms with Crippen molar-refractivity contribution in [1.82, 2.24) is 10.2 Å². The molecular weight excluding hydrogens is 176 g/mol. The summed E-state index contributed by atoms with van der Waals surface area (Å²) >= 11 is 0. The van der Waals surface area contributed by atoms with Crippen molar-refractivity contribution in [2.45, 2.75) is 19.3 Å². The Morgan fingerprint density at radius 1 is 1.57 bits per heavy atom. The van der Waals surface area contributed by atoms with Gasteiger partial charge in [0.1, 0.15) is 6.07 Å². The third-order valence-corrected chi connectivity index (χ3v) is 2.62. The second-order valence-electron chi connectivity index (χ2n) is 3.58. The summed E-state index contributed by atoms with van der Waals surface area (Å²) in [5.74, 6) is 1.37. The zero-order valence-electron chi connectivity index (χ0n) is 7.90. The Hall–Kier alpha value is -1.63. The van der Waals surface area contributed by atoms with Gasteiger partial charge in [-0.1, -0.05) is 6.42 Å². The minimum atomic E-state index is 0.569. The summed E-state index contributed by atoms with van der Waals surface area (Å²) in [6.45, 7) is 0.910. The van der Waals surface area contributed by atoms with Crippen molar-refractivity contribution in [3.8, 4) is 6.07 Å². The van der Waals surface area contributed by atoms with Gasteiger partial charge in [0.15, 0.2) is 5.82 Å². The fourth-order valence-corrected chi connectivity index (χ4v) is 1.49. The summed E-state index contributed by atoms with van der Waals surface area (Å²) in [6.07, 6.45) is 5.44. The van der Waals surface area contributed by atoms with Gasteiger partial charge in [0.05, 0.1) is 11.8 Å². The maximum Gasteiger partial charge on any atom is 0.166 e. The Bertz CT molecular complexity index is 351. The molecule has 4 heteroatoms. The highest BCUT2D eigenvalue weighted by Gasteiger charge is 2.17. The lowest BCUT2D eigenvalue weighted by molar-refractivity contribution is 0.333. The molecule has 72 valence electrons. The zero-order valence-corrected chi connectivity index (χ0v) is 7.90. The van der Waals surface area contributed by atoms with Crippen molar-refractivity contribution in [1.29, 1.82) is 5.26 Å². The van der Waals surface area contributed by atoms with E-state index in [9.17, 15) is 0 Å². The van der Waals surface area contributed by atoms with Crippen molar-refractivity contribution < 1.29 is 0 Å². The number of anilines is 1. The van der Waals surface area contributed by atoms with Gasteiger partial charge in [0, 0.05) is 6.54 Å². The van der Waals surface area contributed by atoms with Crippen molar-refractivity contribution in [2.75, 3.05) is 11.9 Å². The topological polar surface area (TPSA) is 61.6 Å². The monoisotopic (exact) mass is 188 g/mol. The Kier molecular flexibility index (Phi) is 2.59. The van der Waals surface area contributed by atoms with E-state index in [0.29, 0.717) is 11.4 Å². The van der Waals surface area contributed by atoms with Crippen LogP contribution in [0.2, 0.25) is 0 Å². The number of nitrogens with one attached hydrogen (secondary N) is 1. The van der Waals surface area contributed by atoms with E-state index in [-0.39, 0.29) is 0 Å². The van der Waals surface area contributed by atoms with Crippen LogP contribution in [0.5, 0.6) is 0 Å². The summed E-state index contributed by atoms with van der Waals surface area (Å²) in [7, 11) is 0. The molecule has 1 aliphatic carbocycles. The van der Waals surface area contributed by atoms with Crippen molar-refractivity contribution in [3.63, 3.8) is 0 Å². The van der Waals surface area contributed by atoms with Crippen LogP contribution in [0, 0.1) is 17.2 Å². The van der Waals surface area contributed by atoms with E-state index in [2.05, 4.69) is 21.6 Å². The maximum atomic E-state index is 8.80. The molecule has 2 rings (SSSR count). The molecule has 0 amide bonds. The molecule has 1 N–H and O–H groups in total. The molecule has 14 heavy (non-hydrogen) atoms. The smallest absolute Gasteiger partial charge is 0.166 e. The largest absolute Gasteiger partial charge is 0.367 e. The molecule has 0 aliphatic heterocycles. The third-order valence-electron chi connectivity index (χ3n) is 2.62. The number of nitrogens with zero attached hydrogens (tertiary/aromatic N) is 3. The number of nitriles is 1. The van der Waals surface area contributed by atoms with E-state index in [1.165, 1.54) is 25.5 Å². The minimum absolute atomic E-state index is 0.569. The van der Waals surface area contributed by atoms with Gasteiger partial charge in [-0.2, -0.15) is 10.4 Å². The molecule has 0 spiro atoms. The maximum absolute atomic E-state index is 8.80. The molecule has 1 heterocycles. The van der Waals surface area contributed by atoms with Crippen LogP contribution in [0.25, 0.3) is 0 Å². The molecule has 0 aromatic carbocycles. The van der Waals surface area contributed by atoms with E-state index >= 15 is 0 Å². The Morgan fingerprint density at radius 3 is 3.07 bits per heavy atom. The number of hydrogen-bond donors (Lipinski definition) is 1. The third kappa shape index (κ3) is 1.82. The second-order valence-corrected chi connectivity index (χ2v) is 3.58. The molecular formula is C10H12N4.